The molecule has 0 aliphatic heterocycles. The minimum Gasteiger partial charge on any atom is -0.468 e. The molecule has 0 spiro atoms. The van der Waals surface area contributed by atoms with Gasteiger partial charge < -0.3 is 15.0 Å². The molecule has 1 aromatic heterocycles. The second-order valence-electron chi connectivity index (χ2n) is 3.99. The van der Waals surface area contributed by atoms with E-state index >= 15 is 0 Å². The number of aromatic nitrogens is 1. The molecule has 1 heterocycles. The van der Waals surface area contributed by atoms with Crippen LogP contribution < -0.4 is 5.32 Å². The van der Waals surface area contributed by atoms with Crippen molar-refractivity contribution in [2.75, 3.05) is 7.11 Å². The normalized spacial score (nSPS) is 10.9. The van der Waals surface area contributed by atoms with Gasteiger partial charge in [0.1, 0.15) is 5.41 Å². The number of H-pyrrole nitrogens is 1. The van der Waals surface area contributed by atoms with Gasteiger partial charge in [-0.2, -0.15) is 0 Å². The first-order chi connectivity index (χ1) is 7.48. The van der Waals surface area contributed by atoms with Gasteiger partial charge in [-0.25, -0.2) is 0 Å². The highest BCUT2D eigenvalue weighted by Gasteiger charge is 2.36. The average molecular weight is 224 g/mol. The summed E-state index contributed by atoms with van der Waals surface area (Å²) in [6, 6.07) is 3.69. The number of aromatic amines is 1. The van der Waals surface area contributed by atoms with E-state index in [1.165, 1.54) is 21.0 Å². The van der Waals surface area contributed by atoms with E-state index in [0.717, 1.165) is 5.69 Å². The molecule has 1 aromatic rings. The van der Waals surface area contributed by atoms with Crippen LogP contribution in [0, 0.1) is 5.41 Å². The zero-order chi connectivity index (χ0) is 12.2. The van der Waals surface area contributed by atoms with Crippen LogP contribution in [0.1, 0.15) is 19.5 Å². The van der Waals surface area contributed by atoms with Crippen molar-refractivity contribution in [1.82, 2.24) is 10.3 Å². The summed E-state index contributed by atoms with van der Waals surface area (Å²) >= 11 is 0. The van der Waals surface area contributed by atoms with Gasteiger partial charge in [0.25, 0.3) is 0 Å². The average Bonchev–Trinajstić information content (AvgIpc) is 2.77. The molecule has 2 N–H and O–H groups in total. The third-order valence-corrected chi connectivity index (χ3v) is 2.37. The summed E-state index contributed by atoms with van der Waals surface area (Å²) in [5.41, 5.74) is -0.282. The van der Waals surface area contributed by atoms with Gasteiger partial charge in [0.05, 0.1) is 13.7 Å². The van der Waals surface area contributed by atoms with Gasteiger partial charge in [-0.05, 0) is 26.0 Å². The summed E-state index contributed by atoms with van der Waals surface area (Å²) in [5.74, 6) is -0.898. The Morgan fingerprint density at radius 3 is 2.69 bits per heavy atom. The predicted molar refractivity (Wildman–Crippen MR) is 58.4 cm³/mol. The molecule has 0 aliphatic rings. The highest BCUT2D eigenvalue weighted by Crippen LogP contribution is 2.17. The summed E-state index contributed by atoms with van der Waals surface area (Å²) in [6.07, 6.45) is 1.77. The summed E-state index contributed by atoms with van der Waals surface area (Å²) in [6.45, 7) is 3.43. The first kappa shape index (κ1) is 12.3. The number of methoxy groups -OCH3 is 1. The van der Waals surface area contributed by atoms with Gasteiger partial charge in [-0.15, -0.1) is 0 Å². The summed E-state index contributed by atoms with van der Waals surface area (Å²) < 4.78 is 4.57. The molecule has 0 radical (unpaired) electrons. The molecule has 88 valence electrons. The minimum atomic E-state index is -1.17. The Morgan fingerprint density at radius 1 is 1.50 bits per heavy atom. The van der Waals surface area contributed by atoms with Crippen molar-refractivity contribution in [3.8, 4) is 0 Å². The largest absolute Gasteiger partial charge is 0.468 e. The van der Waals surface area contributed by atoms with Gasteiger partial charge in [-0.1, -0.05) is 0 Å². The molecule has 5 nitrogen and oxygen atoms in total. The maximum atomic E-state index is 11.7. The van der Waals surface area contributed by atoms with Crippen molar-refractivity contribution in [3.63, 3.8) is 0 Å². The van der Waals surface area contributed by atoms with Crippen LogP contribution in [0.3, 0.4) is 0 Å². The summed E-state index contributed by atoms with van der Waals surface area (Å²) in [7, 11) is 1.27. The quantitative estimate of drug-likeness (QED) is 0.588. The first-order valence-corrected chi connectivity index (χ1v) is 4.97. The van der Waals surface area contributed by atoms with E-state index in [1.807, 2.05) is 12.1 Å². The highest BCUT2D eigenvalue weighted by molar-refractivity contribution is 6.01. The number of esters is 1. The van der Waals surface area contributed by atoms with E-state index in [-0.39, 0.29) is 5.91 Å². The second kappa shape index (κ2) is 4.83. The standard InChI is InChI=1S/C11H16N2O3/c1-11(2,10(15)16-3)9(14)13-7-8-5-4-6-12-8/h4-6,12H,7H2,1-3H3,(H,13,14). The topological polar surface area (TPSA) is 71.2 Å². The van der Waals surface area contributed by atoms with Crippen molar-refractivity contribution < 1.29 is 14.3 Å². The number of carbonyl (C=O) groups is 2. The third kappa shape index (κ3) is 2.62. The number of rotatable bonds is 4. The Balaban J connectivity index is 2.55. The molecule has 0 bridgehead atoms. The van der Waals surface area contributed by atoms with E-state index in [0.29, 0.717) is 6.54 Å². The van der Waals surface area contributed by atoms with E-state index < -0.39 is 11.4 Å². The SMILES string of the molecule is COC(=O)C(C)(C)C(=O)NCc1ccc[nH]1. The molecule has 0 unspecified atom stereocenters. The van der Waals surface area contributed by atoms with Crippen molar-refractivity contribution >= 4 is 11.9 Å². The molecule has 5 heteroatoms. The Bertz CT molecular complexity index is 369. The third-order valence-electron chi connectivity index (χ3n) is 2.37. The van der Waals surface area contributed by atoms with Crippen LogP contribution in [0.2, 0.25) is 0 Å². The molecular weight excluding hydrogens is 208 g/mol. The molecule has 0 atom stereocenters. The minimum absolute atomic E-state index is 0.353. The van der Waals surface area contributed by atoms with Crippen molar-refractivity contribution in [1.29, 1.82) is 0 Å². The van der Waals surface area contributed by atoms with Crippen LogP contribution in [0.4, 0.5) is 0 Å². The van der Waals surface area contributed by atoms with Gasteiger partial charge in [0.15, 0.2) is 0 Å². The number of nitrogens with one attached hydrogen (secondary N) is 2. The van der Waals surface area contributed by atoms with E-state index in [9.17, 15) is 9.59 Å². The van der Waals surface area contributed by atoms with Crippen LogP contribution >= 0.6 is 0 Å². The second-order valence-corrected chi connectivity index (χ2v) is 3.99. The molecule has 0 fully saturated rings. The fourth-order valence-corrected chi connectivity index (χ4v) is 1.22. The summed E-state index contributed by atoms with van der Waals surface area (Å²) in [5, 5.41) is 2.67. The van der Waals surface area contributed by atoms with Gasteiger partial charge in [-0.3, -0.25) is 9.59 Å². The van der Waals surface area contributed by atoms with Crippen LogP contribution in [0.5, 0.6) is 0 Å². The number of ether oxygens (including phenoxy) is 1. The zero-order valence-corrected chi connectivity index (χ0v) is 9.66. The predicted octanol–water partition coefficient (Wildman–Crippen LogP) is 0.830. The maximum Gasteiger partial charge on any atom is 0.320 e. The van der Waals surface area contributed by atoms with Gasteiger partial charge in [0.2, 0.25) is 5.91 Å². The van der Waals surface area contributed by atoms with Gasteiger partial charge >= 0.3 is 5.97 Å². The van der Waals surface area contributed by atoms with Crippen molar-refractivity contribution in [2.24, 2.45) is 5.41 Å². The van der Waals surface area contributed by atoms with E-state index in [2.05, 4.69) is 15.0 Å². The molecule has 1 amide bonds. The Labute approximate surface area is 94.2 Å². The fraction of sp³-hybridized carbons (Fsp3) is 0.455. The van der Waals surface area contributed by atoms with Crippen LogP contribution in [0.15, 0.2) is 18.3 Å². The lowest BCUT2D eigenvalue weighted by Crippen LogP contribution is -2.42. The molecule has 0 saturated heterocycles. The Kier molecular flexibility index (Phi) is 3.71. The lowest BCUT2D eigenvalue weighted by atomic mass is 9.92. The van der Waals surface area contributed by atoms with Crippen LogP contribution in [-0.2, 0) is 20.9 Å². The fourth-order valence-electron chi connectivity index (χ4n) is 1.22. The highest BCUT2D eigenvalue weighted by atomic mass is 16.5. The summed E-state index contributed by atoms with van der Waals surface area (Å²) in [4.78, 5) is 26.0. The molecule has 1 rings (SSSR count). The molecular formula is C11H16N2O3. The smallest absolute Gasteiger partial charge is 0.320 e. The number of carbonyl (C=O) groups excluding carboxylic acids is 2. The Morgan fingerprint density at radius 2 is 2.19 bits per heavy atom. The van der Waals surface area contributed by atoms with Crippen LogP contribution in [0.25, 0.3) is 0 Å². The van der Waals surface area contributed by atoms with Gasteiger partial charge in [0, 0.05) is 11.9 Å². The molecule has 0 aliphatic carbocycles. The lowest BCUT2D eigenvalue weighted by molar-refractivity contribution is -0.156. The van der Waals surface area contributed by atoms with Crippen molar-refractivity contribution in [3.05, 3.63) is 24.0 Å². The maximum absolute atomic E-state index is 11.7. The van der Waals surface area contributed by atoms with E-state index in [1.54, 1.807) is 6.20 Å². The first-order valence-electron chi connectivity index (χ1n) is 4.97. The van der Waals surface area contributed by atoms with Crippen LogP contribution in [-0.4, -0.2) is 24.0 Å². The Hall–Kier alpha value is -1.78. The lowest BCUT2D eigenvalue weighted by Gasteiger charge is -2.20. The monoisotopic (exact) mass is 224 g/mol. The van der Waals surface area contributed by atoms with Crippen molar-refractivity contribution in [2.45, 2.75) is 20.4 Å². The molecule has 0 aromatic carbocycles. The number of hydrogen-bond donors (Lipinski definition) is 2. The molecule has 16 heavy (non-hydrogen) atoms. The number of hydrogen-bond acceptors (Lipinski definition) is 3. The number of amides is 1. The zero-order valence-electron chi connectivity index (χ0n) is 9.66. The van der Waals surface area contributed by atoms with E-state index in [4.69, 9.17) is 0 Å². The molecule has 0 saturated carbocycles.